The van der Waals surface area contributed by atoms with Crippen molar-refractivity contribution in [3.05, 3.63) is 28.0 Å². The molecule has 0 N–H and O–H groups in total. The maximum absolute atomic E-state index is 11.9. The van der Waals surface area contributed by atoms with Crippen LogP contribution in [-0.4, -0.2) is 20.5 Å². The van der Waals surface area contributed by atoms with E-state index in [1.807, 2.05) is 33.8 Å². The molecule has 0 aliphatic heterocycles. The van der Waals surface area contributed by atoms with Gasteiger partial charge in [-0.25, -0.2) is 4.98 Å². The standard InChI is InChI=1S/C12H17BrN2OS/c1-5-12(3,4)17(16)15-8-10-6-9(2)11(13)14-7-10/h6-8H,5H2,1-4H3. The summed E-state index contributed by atoms with van der Waals surface area (Å²) in [6.07, 6.45) is 4.16. The Morgan fingerprint density at radius 3 is 2.76 bits per heavy atom. The van der Waals surface area contributed by atoms with Gasteiger partial charge in [-0.2, -0.15) is 0 Å². The Morgan fingerprint density at radius 1 is 1.59 bits per heavy atom. The molecule has 1 atom stereocenters. The van der Waals surface area contributed by atoms with Crippen LogP contribution in [0, 0.1) is 6.92 Å². The van der Waals surface area contributed by atoms with Crippen LogP contribution in [0.5, 0.6) is 0 Å². The van der Waals surface area contributed by atoms with Gasteiger partial charge in [0, 0.05) is 11.8 Å². The van der Waals surface area contributed by atoms with E-state index in [0.29, 0.717) is 0 Å². The molecule has 17 heavy (non-hydrogen) atoms. The summed E-state index contributed by atoms with van der Waals surface area (Å²) >= 11 is 2.12. The average molecular weight is 317 g/mol. The van der Waals surface area contributed by atoms with Crippen molar-refractivity contribution in [3.63, 3.8) is 0 Å². The van der Waals surface area contributed by atoms with E-state index in [2.05, 4.69) is 25.3 Å². The van der Waals surface area contributed by atoms with E-state index >= 15 is 0 Å². The molecule has 0 aliphatic carbocycles. The van der Waals surface area contributed by atoms with Crippen molar-refractivity contribution in [2.75, 3.05) is 0 Å². The molecule has 0 saturated carbocycles. The molecular weight excluding hydrogens is 300 g/mol. The molecule has 0 bridgehead atoms. The van der Waals surface area contributed by atoms with Gasteiger partial charge in [0.25, 0.3) is 0 Å². The first-order valence-corrected chi connectivity index (χ1v) is 7.35. The summed E-state index contributed by atoms with van der Waals surface area (Å²) in [6, 6.07) is 1.96. The number of nitrogens with zero attached hydrogens (tertiary/aromatic N) is 2. The lowest BCUT2D eigenvalue weighted by Crippen LogP contribution is -2.29. The first-order chi connectivity index (χ1) is 7.86. The molecule has 0 radical (unpaired) electrons. The van der Waals surface area contributed by atoms with Gasteiger partial charge in [0.05, 0.1) is 6.21 Å². The largest absolute Gasteiger partial charge is 0.591 e. The van der Waals surface area contributed by atoms with E-state index in [-0.39, 0.29) is 4.75 Å². The molecule has 5 heteroatoms. The highest BCUT2D eigenvalue weighted by Gasteiger charge is 2.30. The molecular formula is C12H17BrN2OS. The Bertz CT molecular complexity index is 421. The van der Waals surface area contributed by atoms with Crippen molar-refractivity contribution in [2.24, 2.45) is 4.40 Å². The molecule has 3 nitrogen and oxygen atoms in total. The summed E-state index contributed by atoms with van der Waals surface area (Å²) in [6.45, 7) is 7.87. The van der Waals surface area contributed by atoms with Gasteiger partial charge >= 0.3 is 0 Å². The number of aromatic nitrogens is 1. The summed E-state index contributed by atoms with van der Waals surface area (Å²) < 4.78 is 16.5. The zero-order chi connectivity index (χ0) is 13.1. The number of aryl methyl sites for hydroxylation is 1. The predicted molar refractivity (Wildman–Crippen MR) is 76.8 cm³/mol. The van der Waals surface area contributed by atoms with Gasteiger partial charge in [-0.1, -0.05) is 11.3 Å². The smallest absolute Gasteiger partial charge is 0.147 e. The van der Waals surface area contributed by atoms with Crippen LogP contribution in [-0.2, 0) is 11.4 Å². The summed E-state index contributed by atoms with van der Waals surface area (Å²) in [5.74, 6) is 0. The van der Waals surface area contributed by atoms with Gasteiger partial charge in [0.15, 0.2) is 0 Å². The number of hydrogen-bond acceptors (Lipinski definition) is 3. The Morgan fingerprint density at radius 2 is 2.24 bits per heavy atom. The van der Waals surface area contributed by atoms with Crippen molar-refractivity contribution < 1.29 is 4.55 Å². The molecule has 0 spiro atoms. The Balaban J connectivity index is 2.80. The Labute approximate surface area is 114 Å². The van der Waals surface area contributed by atoms with E-state index in [1.54, 1.807) is 12.4 Å². The second-order valence-electron chi connectivity index (χ2n) is 4.47. The maximum atomic E-state index is 11.9. The first-order valence-electron chi connectivity index (χ1n) is 5.45. The Kier molecular flexibility index (Phi) is 5.16. The van der Waals surface area contributed by atoms with Gasteiger partial charge in [0.1, 0.15) is 20.7 Å². The van der Waals surface area contributed by atoms with Gasteiger partial charge in [0.2, 0.25) is 0 Å². The van der Waals surface area contributed by atoms with E-state index in [1.165, 1.54) is 0 Å². The number of hydrogen-bond donors (Lipinski definition) is 0. The highest BCUT2D eigenvalue weighted by atomic mass is 79.9. The maximum Gasteiger partial charge on any atom is 0.147 e. The first kappa shape index (κ1) is 14.7. The summed E-state index contributed by atoms with van der Waals surface area (Å²) in [7, 11) is 0. The van der Waals surface area contributed by atoms with Crippen molar-refractivity contribution in [2.45, 2.75) is 38.9 Å². The van der Waals surface area contributed by atoms with Crippen LogP contribution >= 0.6 is 15.9 Å². The molecule has 0 fully saturated rings. The number of halogens is 1. The molecule has 94 valence electrons. The zero-order valence-corrected chi connectivity index (χ0v) is 12.9. The van der Waals surface area contributed by atoms with Crippen LogP contribution in [0.15, 0.2) is 21.3 Å². The van der Waals surface area contributed by atoms with Gasteiger partial charge in [-0.05, 0) is 54.8 Å². The highest BCUT2D eigenvalue weighted by Crippen LogP contribution is 2.22. The third kappa shape index (κ3) is 4.08. The van der Waals surface area contributed by atoms with E-state index < -0.39 is 11.4 Å². The lowest BCUT2D eigenvalue weighted by molar-refractivity contribution is 0.540. The fourth-order valence-corrected chi connectivity index (χ4v) is 1.99. The molecule has 1 rings (SSSR count). The molecule has 0 aliphatic rings. The van der Waals surface area contributed by atoms with Crippen LogP contribution < -0.4 is 0 Å². The number of rotatable bonds is 4. The van der Waals surface area contributed by atoms with Gasteiger partial charge < -0.3 is 4.55 Å². The minimum Gasteiger partial charge on any atom is -0.591 e. The van der Waals surface area contributed by atoms with E-state index in [4.69, 9.17) is 0 Å². The number of pyridine rings is 1. The Hall–Kier alpha value is -0.390. The molecule has 1 heterocycles. The monoisotopic (exact) mass is 316 g/mol. The fraction of sp³-hybridized carbons (Fsp3) is 0.500. The summed E-state index contributed by atoms with van der Waals surface area (Å²) in [4.78, 5) is 4.17. The minimum atomic E-state index is -1.21. The predicted octanol–water partition coefficient (Wildman–Crippen LogP) is 3.42. The fourth-order valence-electron chi connectivity index (χ4n) is 1.03. The van der Waals surface area contributed by atoms with E-state index in [9.17, 15) is 4.55 Å². The molecule has 1 aromatic heterocycles. The molecule has 1 unspecified atom stereocenters. The van der Waals surface area contributed by atoms with Crippen LogP contribution in [0.1, 0.15) is 38.3 Å². The van der Waals surface area contributed by atoms with Crippen LogP contribution in [0.3, 0.4) is 0 Å². The molecule has 1 aromatic rings. The second-order valence-corrected chi connectivity index (χ2v) is 7.04. The normalized spacial score (nSPS) is 14.2. The van der Waals surface area contributed by atoms with Crippen molar-refractivity contribution in [3.8, 4) is 0 Å². The average Bonchev–Trinajstić information content (AvgIpc) is 2.30. The minimum absolute atomic E-state index is 0.283. The van der Waals surface area contributed by atoms with Crippen molar-refractivity contribution >= 4 is 33.5 Å². The van der Waals surface area contributed by atoms with Crippen LogP contribution in [0.4, 0.5) is 0 Å². The van der Waals surface area contributed by atoms with E-state index in [0.717, 1.165) is 22.2 Å². The summed E-state index contributed by atoms with van der Waals surface area (Å²) in [5, 5.41) is 0. The quantitative estimate of drug-likeness (QED) is 0.485. The molecule has 0 saturated heterocycles. The third-order valence-electron chi connectivity index (χ3n) is 2.66. The van der Waals surface area contributed by atoms with Crippen molar-refractivity contribution in [1.29, 1.82) is 0 Å². The highest BCUT2D eigenvalue weighted by molar-refractivity contribution is 9.10. The topological polar surface area (TPSA) is 48.3 Å². The zero-order valence-electron chi connectivity index (χ0n) is 10.5. The molecule has 0 aromatic carbocycles. The third-order valence-corrected chi connectivity index (χ3v) is 5.02. The lowest BCUT2D eigenvalue weighted by atomic mass is 10.1. The van der Waals surface area contributed by atoms with Crippen molar-refractivity contribution in [1.82, 2.24) is 4.98 Å². The van der Waals surface area contributed by atoms with Gasteiger partial charge in [-0.3, -0.25) is 0 Å². The second kappa shape index (κ2) is 5.98. The summed E-state index contributed by atoms with van der Waals surface area (Å²) in [5.41, 5.74) is 1.90. The molecule has 0 amide bonds. The lowest BCUT2D eigenvalue weighted by Gasteiger charge is -2.21. The van der Waals surface area contributed by atoms with Crippen LogP contribution in [0.25, 0.3) is 0 Å². The SMILES string of the molecule is CCC(C)(C)[S+]([O-])N=Cc1cnc(Br)c(C)c1. The van der Waals surface area contributed by atoms with Gasteiger partial charge in [-0.15, -0.1) is 0 Å². The van der Waals surface area contributed by atoms with Crippen LogP contribution in [0.2, 0.25) is 0 Å².